The van der Waals surface area contributed by atoms with Gasteiger partial charge < -0.3 is 5.73 Å². The summed E-state index contributed by atoms with van der Waals surface area (Å²) in [6.07, 6.45) is 3.64. The third-order valence-electron chi connectivity index (χ3n) is 2.63. The Balaban J connectivity index is 2.33. The Morgan fingerprint density at radius 1 is 1.53 bits per heavy atom. The lowest BCUT2D eigenvalue weighted by atomic mass is 10.0. The molecule has 3 nitrogen and oxygen atoms in total. The summed E-state index contributed by atoms with van der Waals surface area (Å²) in [4.78, 5) is 0. The maximum atomic E-state index is 13.0. The van der Waals surface area contributed by atoms with Gasteiger partial charge in [0.25, 0.3) is 0 Å². The molecule has 0 bridgehead atoms. The molecule has 0 radical (unpaired) electrons. The van der Waals surface area contributed by atoms with E-state index in [1.54, 1.807) is 12.3 Å². The maximum Gasteiger partial charge on any atom is 0.124 e. The molecule has 2 N–H and O–H groups in total. The van der Waals surface area contributed by atoms with Crippen LogP contribution in [0.25, 0.3) is 0 Å². The molecule has 1 atom stereocenters. The van der Waals surface area contributed by atoms with Gasteiger partial charge in [-0.3, -0.25) is 4.68 Å². The highest BCUT2D eigenvalue weighted by Gasteiger charge is 2.14. The minimum atomic E-state index is -0.301. The van der Waals surface area contributed by atoms with Crippen LogP contribution in [-0.2, 0) is 6.54 Å². The normalized spacial score (nSPS) is 12.7. The Bertz CT molecular complexity index is 524. The van der Waals surface area contributed by atoms with Crippen LogP contribution in [0, 0.1) is 5.82 Å². The summed E-state index contributed by atoms with van der Waals surface area (Å²) in [5, 5.41) is 4.18. The van der Waals surface area contributed by atoms with Crippen molar-refractivity contribution in [1.29, 1.82) is 0 Å². The molecule has 2 rings (SSSR count). The molecule has 1 heterocycles. The summed E-state index contributed by atoms with van der Waals surface area (Å²) in [7, 11) is 0. The van der Waals surface area contributed by atoms with Crippen molar-refractivity contribution in [2.24, 2.45) is 5.73 Å². The Kier molecular flexibility index (Phi) is 3.59. The monoisotopic (exact) mass is 297 g/mol. The minimum Gasteiger partial charge on any atom is -0.320 e. The summed E-state index contributed by atoms with van der Waals surface area (Å²) < 4.78 is 15.5. The van der Waals surface area contributed by atoms with Crippen LogP contribution in [0.3, 0.4) is 0 Å². The Labute approximate surface area is 108 Å². The summed E-state index contributed by atoms with van der Waals surface area (Å²) in [6, 6.07) is 4.21. The van der Waals surface area contributed by atoms with Gasteiger partial charge in [0.05, 0.1) is 12.2 Å². The molecule has 0 fully saturated rings. The second kappa shape index (κ2) is 4.98. The third kappa shape index (κ3) is 2.56. The second-order valence-electron chi connectivity index (χ2n) is 3.77. The molecule has 90 valence electrons. The first-order valence-electron chi connectivity index (χ1n) is 5.34. The van der Waals surface area contributed by atoms with Crippen LogP contribution >= 0.6 is 15.9 Å². The van der Waals surface area contributed by atoms with Crippen molar-refractivity contribution in [3.8, 4) is 0 Å². The van der Waals surface area contributed by atoms with Crippen molar-refractivity contribution in [2.45, 2.75) is 19.5 Å². The van der Waals surface area contributed by atoms with Gasteiger partial charge in [-0.15, -0.1) is 0 Å². The van der Waals surface area contributed by atoms with Crippen molar-refractivity contribution in [1.82, 2.24) is 9.78 Å². The SMILES string of the molecule is CCn1cc(C(N)c2ccc(F)cc2Br)cn1. The second-order valence-corrected chi connectivity index (χ2v) is 4.63. The lowest BCUT2D eigenvalue weighted by Gasteiger charge is -2.12. The van der Waals surface area contributed by atoms with Crippen LogP contribution < -0.4 is 5.73 Å². The molecule has 5 heteroatoms. The zero-order valence-corrected chi connectivity index (χ0v) is 11.0. The number of benzene rings is 1. The van der Waals surface area contributed by atoms with E-state index in [2.05, 4.69) is 21.0 Å². The van der Waals surface area contributed by atoms with Gasteiger partial charge in [-0.05, 0) is 24.6 Å². The lowest BCUT2D eigenvalue weighted by molar-refractivity contribution is 0.625. The van der Waals surface area contributed by atoms with E-state index in [9.17, 15) is 4.39 Å². The Morgan fingerprint density at radius 2 is 2.29 bits per heavy atom. The fourth-order valence-electron chi connectivity index (χ4n) is 1.65. The van der Waals surface area contributed by atoms with E-state index in [4.69, 9.17) is 5.73 Å². The molecule has 1 aromatic heterocycles. The van der Waals surface area contributed by atoms with E-state index in [1.165, 1.54) is 12.1 Å². The van der Waals surface area contributed by atoms with Crippen LogP contribution in [0.1, 0.15) is 24.1 Å². The van der Waals surface area contributed by atoms with Gasteiger partial charge >= 0.3 is 0 Å². The smallest absolute Gasteiger partial charge is 0.124 e. The highest BCUT2D eigenvalue weighted by Crippen LogP contribution is 2.27. The predicted octanol–water partition coefficient (Wildman–Crippen LogP) is 2.85. The molecule has 0 saturated heterocycles. The van der Waals surface area contributed by atoms with Gasteiger partial charge in [0.15, 0.2) is 0 Å². The van der Waals surface area contributed by atoms with Crippen molar-refractivity contribution in [3.05, 3.63) is 52.0 Å². The predicted molar refractivity (Wildman–Crippen MR) is 68.0 cm³/mol. The first kappa shape index (κ1) is 12.3. The number of hydrogen-bond donors (Lipinski definition) is 1. The number of aromatic nitrogens is 2. The first-order valence-corrected chi connectivity index (χ1v) is 6.14. The summed E-state index contributed by atoms with van der Waals surface area (Å²) in [6.45, 7) is 2.81. The van der Waals surface area contributed by atoms with Crippen molar-refractivity contribution in [3.63, 3.8) is 0 Å². The van der Waals surface area contributed by atoms with Crippen molar-refractivity contribution < 1.29 is 4.39 Å². The molecule has 17 heavy (non-hydrogen) atoms. The average molecular weight is 298 g/mol. The van der Waals surface area contributed by atoms with Crippen LogP contribution in [0.4, 0.5) is 4.39 Å². The van der Waals surface area contributed by atoms with Gasteiger partial charge in [-0.1, -0.05) is 22.0 Å². The zero-order valence-electron chi connectivity index (χ0n) is 9.40. The summed E-state index contributed by atoms with van der Waals surface area (Å²) >= 11 is 3.32. The third-order valence-corrected chi connectivity index (χ3v) is 3.32. The van der Waals surface area contributed by atoms with Crippen LogP contribution in [-0.4, -0.2) is 9.78 Å². The van der Waals surface area contributed by atoms with Gasteiger partial charge in [-0.2, -0.15) is 5.10 Å². The molecule has 0 aliphatic heterocycles. The average Bonchev–Trinajstić information content (AvgIpc) is 2.76. The largest absolute Gasteiger partial charge is 0.320 e. The summed E-state index contributed by atoms with van der Waals surface area (Å²) in [5.41, 5.74) is 7.89. The molecule has 0 aliphatic carbocycles. The Hall–Kier alpha value is -1.20. The van der Waals surface area contributed by atoms with E-state index in [0.717, 1.165) is 17.7 Å². The topological polar surface area (TPSA) is 43.8 Å². The molecule has 1 aromatic carbocycles. The molecule has 0 saturated carbocycles. The van der Waals surface area contributed by atoms with E-state index in [1.807, 2.05) is 17.8 Å². The lowest BCUT2D eigenvalue weighted by Crippen LogP contribution is -2.12. The molecule has 0 aliphatic rings. The molecule has 0 spiro atoms. The van der Waals surface area contributed by atoms with Gasteiger partial charge in [0.1, 0.15) is 5.82 Å². The standard InChI is InChI=1S/C12H13BrFN3/c1-2-17-7-8(6-16-17)12(15)10-4-3-9(14)5-11(10)13/h3-7,12H,2,15H2,1H3. The van der Waals surface area contributed by atoms with Crippen molar-refractivity contribution in [2.75, 3.05) is 0 Å². The van der Waals surface area contributed by atoms with Crippen molar-refractivity contribution >= 4 is 15.9 Å². The number of aryl methyl sites for hydroxylation is 1. The van der Waals surface area contributed by atoms with Gasteiger partial charge in [-0.25, -0.2) is 4.39 Å². The fraction of sp³-hybridized carbons (Fsp3) is 0.250. The van der Waals surface area contributed by atoms with E-state index >= 15 is 0 Å². The zero-order chi connectivity index (χ0) is 12.4. The number of hydrogen-bond acceptors (Lipinski definition) is 2. The quantitative estimate of drug-likeness (QED) is 0.947. The molecular weight excluding hydrogens is 285 g/mol. The van der Waals surface area contributed by atoms with E-state index in [-0.39, 0.29) is 11.9 Å². The highest BCUT2D eigenvalue weighted by atomic mass is 79.9. The molecule has 2 aromatic rings. The van der Waals surface area contributed by atoms with E-state index < -0.39 is 0 Å². The van der Waals surface area contributed by atoms with E-state index in [0.29, 0.717) is 4.47 Å². The summed E-state index contributed by atoms with van der Waals surface area (Å²) in [5.74, 6) is -0.280. The van der Waals surface area contributed by atoms with Crippen LogP contribution in [0.15, 0.2) is 35.1 Å². The fourth-order valence-corrected chi connectivity index (χ4v) is 2.24. The van der Waals surface area contributed by atoms with Gasteiger partial charge in [0, 0.05) is 22.8 Å². The first-order chi connectivity index (χ1) is 8.11. The molecule has 0 amide bonds. The number of nitrogens with two attached hydrogens (primary N) is 1. The highest BCUT2D eigenvalue weighted by molar-refractivity contribution is 9.10. The maximum absolute atomic E-state index is 13.0. The Morgan fingerprint density at radius 3 is 2.88 bits per heavy atom. The number of nitrogens with zero attached hydrogens (tertiary/aromatic N) is 2. The van der Waals surface area contributed by atoms with Crippen LogP contribution in [0.2, 0.25) is 0 Å². The number of rotatable bonds is 3. The minimum absolute atomic E-state index is 0.280. The number of halogens is 2. The van der Waals surface area contributed by atoms with Crippen LogP contribution in [0.5, 0.6) is 0 Å². The molecular formula is C12H13BrFN3. The van der Waals surface area contributed by atoms with Gasteiger partial charge in [0.2, 0.25) is 0 Å². The molecule has 1 unspecified atom stereocenters.